The van der Waals surface area contributed by atoms with E-state index in [4.69, 9.17) is 0 Å². The van der Waals surface area contributed by atoms with Crippen LogP contribution in [0.5, 0.6) is 0 Å². The number of fused-ring (bicyclic) bond motifs is 5. The Morgan fingerprint density at radius 2 is 0.896 bits per heavy atom. The molecule has 0 amide bonds. The number of aromatic nitrogens is 1. The van der Waals surface area contributed by atoms with Crippen LogP contribution >= 0.6 is 0 Å². The fourth-order valence-electron chi connectivity index (χ4n) is 11.4. The molecule has 1 heterocycles. The van der Waals surface area contributed by atoms with Crippen LogP contribution < -0.4 is 0 Å². The van der Waals surface area contributed by atoms with E-state index >= 15 is 0 Å². The van der Waals surface area contributed by atoms with Crippen molar-refractivity contribution in [1.29, 1.82) is 0 Å². The van der Waals surface area contributed by atoms with Gasteiger partial charge in [-0.25, -0.2) is 0 Å². The molecule has 230 valence electrons. The highest BCUT2D eigenvalue weighted by Crippen LogP contribution is 2.69. The largest absolute Gasteiger partial charge is 0.265 e. The summed E-state index contributed by atoms with van der Waals surface area (Å²) in [5, 5.41) is 5.30. The summed E-state index contributed by atoms with van der Waals surface area (Å²) in [6.07, 6.45) is 10.8. The normalized spacial score (nSPS) is 24.8. The summed E-state index contributed by atoms with van der Waals surface area (Å²) >= 11 is 0. The molecular formula is C47H37N. The first-order valence-corrected chi connectivity index (χ1v) is 18.0. The summed E-state index contributed by atoms with van der Waals surface area (Å²) in [5.74, 6) is 3.41. The Balaban J connectivity index is 1.14. The van der Waals surface area contributed by atoms with Gasteiger partial charge in [0, 0.05) is 17.8 Å². The quantitative estimate of drug-likeness (QED) is 0.180. The molecule has 1 nitrogen and oxygen atoms in total. The summed E-state index contributed by atoms with van der Waals surface area (Å²) in [6.45, 7) is 0. The minimum absolute atomic E-state index is 0.164. The second kappa shape index (κ2) is 10.0. The standard InChI is InChI=1S/C47H37N/c1-3-10-41-39(8-1)45(33-15-13-31(14-16-33)32-19-21-48-22-20-32)40-9-2-4-11-42(40)46(41)34-17-18-38-37-7-5-6-12-43(37)47(44(38)28-34)35-24-29-23-30(26-35)27-36(47)25-29/h1-22,28-30,35-36H,23-27H2. The maximum Gasteiger partial charge on any atom is 0.0273 e. The van der Waals surface area contributed by atoms with Gasteiger partial charge in [0.2, 0.25) is 0 Å². The maximum absolute atomic E-state index is 4.21. The lowest BCUT2D eigenvalue weighted by molar-refractivity contribution is -0.0399. The van der Waals surface area contributed by atoms with Crippen molar-refractivity contribution >= 4 is 21.5 Å². The number of nitrogens with zero attached hydrogens (tertiary/aromatic N) is 1. The average Bonchev–Trinajstić information content (AvgIpc) is 3.43. The fraction of sp³-hybridized carbons (Fsp3) is 0.213. The molecule has 0 aliphatic heterocycles. The van der Waals surface area contributed by atoms with E-state index in [1.165, 1.54) is 98.2 Å². The van der Waals surface area contributed by atoms with Gasteiger partial charge in [-0.3, -0.25) is 4.98 Å². The highest BCUT2D eigenvalue weighted by Gasteiger charge is 2.61. The van der Waals surface area contributed by atoms with Crippen molar-refractivity contribution in [2.24, 2.45) is 23.7 Å². The van der Waals surface area contributed by atoms with E-state index in [1.807, 2.05) is 12.4 Å². The molecule has 6 aromatic carbocycles. The SMILES string of the molecule is c1ccc2c(c1)-c1ccc(-c3c4ccccc4c(-c4ccc(-c5ccncc5)cc4)c4ccccc34)cc1C21C2CC3CC(C2)CC1C3. The molecule has 5 aliphatic rings. The van der Waals surface area contributed by atoms with Gasteiger partial charge in [0.05, 0.1) is 0 Å². The van der Waals surface area contributed by atoms with Crippen molar-refractivity contribution in [3.8, 4) is 44.5 Å². The summed E-state index contributed by atoms with van der Waals surface area (Å²) < 4.78 is 0. The molecule has 0 radical (unpaired) electrons. The highest BCUT2D eigenvalue weighted by atomic mass is 14.6. The Bertz CT molecular complexity index is 2310. The van der Waals surface area contributed by atoms with E-state index in [1.54, 1.807) is 11.1 Å². The number of hydrogen-bond donors (Lipinski definition) is 0. The van der Waals surface area contributed by atoms with Crippen molar-refractivity contribution in [3.63, 3.8) is 0 Å². The number of benzene rings is 6. The Labute approximate surface area is 282 Å². The molecule has 0 saturated heterocycles. The van der Waals surface area contributed by atoms with Crippen LogP contribution in [0, 0.1) is 23.7 Å². The lowest BCUT2D eigenvalue weighted by atomic mass is 9.43. The minimum Gasteiger partial charge on any atom is -0.265 e. The number of pyridine rings is 1. The number of hydrogen-bond acceptors (Lipinski definition) is 1. The van der Waals surface area contributed by atoms with E-state index in [2.05, 4.69) is 132 Å². The van der Waals surface area contributed by atoms with Crippen molar-refractivity contribution in [3.05, 3.63) is 151 Å². The van der Waals surface area contributed by atoms with E-state index in [9.17, 15) is 0 Å². The van der Waals surface area contributed by atoms with Crippen LogP contribution in [0.4, 0.5) is 0 Å². The molecule has 7 aromatic rings. The van der Waals surface area contributed by atoms with E-state index in [-0.39, 0.29) is 5.41 Å². The van der Waals surface area contributed by atoms with E-state index in [0.29, 0.717) is 0 Å². The molecule has 5 aliphatic carbocycles. The third kappa shape index (κ3) is 3.60. The summed E-state index contributed by atoms with van der Waals surface area (Å²) in [4.78, 5) is 4.21. The maximum atomic E-state index is 4.21. The zero-order valence-electron chi connectivity index (χ0n) is 27.1. The zero-order valence-corrected chi connectivity index (χ0v) is 27.1. The first kappa shape index (κ1) is 27.0. The van der Waals surface area contributed by atoms with E-state index < -0.39 is 0 Å². The molecule has 4 saturated carbocycles. The lowest BCUT2D eigenvalue weighted by Crippen LogP contribution is -2.55. The van der Waals surface area contributed by atoms with Crippen LogP contribution in [-0.2, 0) is 5.41 Å². The van der Waals surface area contributed by atoms with Gasteiger partial charge in [-0.1, -0.05) is 109 Å². The molecule has 1 spiro atoms. The van der Waals surface area contributed by atoms with Gasteiger partial charge in [0.25, 0.3) is 0 Å². The molecule has 12 rings (SSSR count). The molecule has 4 bridgehead atoms. The van der Waals surface area contributed by atoms with Gasteiger partial charge in [0.15, 0.2) is 0 Å². The van der Waals surface area contributed by atoms with Crippen LogP contribution in [0.25, 0.3) is 66.1 Å². The fourth-order valence-corrected chi connectivity index (χ4v) is 11.4. The van der Waals surface area contributed by atoms with Crippen LogP contribution in [0.1, 0.15) is 43.2 Å². The van der Waals surface area contributed by atoms with Crippen molar-refractivity contribution in [1.82, 2.24) is 4.98 Å². The van der Waals surface area contributed by atoms with Gasteiger partial charge in [-0.2, -0.15) is 0 Å². The van der Waals surface area contributed by atoms with Crippen molar-refractivity contribution in [2.45, 2.75) is 37.5 Å². The molecule has 48 heavy (non-hydrogen) atoms. The second-order valence-corrected chi connectivity index (χ2v) is 15.1. The highest BCUT2D eigenvalue weighted by molar-refractivity contribution is 6.21. The molecule has 0 unspecified atom stereocenters. The monoisotopic (exact) mass is 615 g/mol. The zero-order chi connectivity index (χ0) is 31.4. The van der Waals surface area contributed by atoms with Gasteiger partial charge >= 0.3 is 0 Å². The van der Waals surface area contributed by atoms with Crippen LogP contribution in [0.3, 0.4) is 0 Å². The molecule has 0 N–H and O–H groups in total. The molecule has 1 heteroatoms. The minimum atomic E-state index is 0.164. The Kier molecular flexibility index (Phi) is 5.62. The van der Waals surface area contributed by atoms with E-state index in [0.717, 1.165) is 23.7 Å². The van der Waals surface area contributed by atoms with Crippen LogP contribution in [0.2, 0.25) is 0 Å². The molecule has 1 aromatic heterocycles. The topological polar surface area (TPSA) is 12.9 Å². The molecular weight excluding hydrogens is 579 g/mol. The smallest absolute Gasteiger partial charge is 0.0273 e. The third-order valence-corrected chi connectivity index (χ3v) is 13.0. The first-order valence-electron chi connectivity index (χ1n) is 18.0. The average molecular weight is 616 g/mol. The summed E-state index contributed by atoms with van der Waals surface area (Å²) in [5.41, 5.74) is 14.1. The van der Waals surface area contributed by atoms with Crippen molar-refractivity contribution < 1.29 is 0 Å². The van der Waals surface area contributed by atoms with Gasteiger partial charge in [0.1, 0.15) is 0 Å². The van der Waals surface area contributed by atoms with Crippen molar-refractivity contribution in [2.75, 3.05) is 0 Å². The predicted octanol–water partition coefficient (Wildman–Crippen LogP) is 12.1. The van der Waals surface area contributed by atoms with Gasteiger partial charge in [-0.05, 0) is 151 Å². The van der Waals surface area contributed by atoms with Crippen LogP contribution in [-0.4, -0.2) is 4.98 Å². The predicted molar refractivity (Wildman–Crippen MR) is 199 cm³/mol. The molecule has 0 atom stereocenters. The Morgan fingerprint density at radius 3 is 1.52 bits per heavy atom. The third-order valence-electron chi connectivity index (χ3n) is 13.0. The van der Waals surface area contributed by atoms with Gasteiger partial charge in [-0.15, -0.1) is 0 Å². The van der Waals surface area contributed by atoms with Gasteiger partial charge < -0.3 is 0 Å². The summed E-state index contributed by atoms with van der Waals surface area (Å²) in [7, 11) is 0. The molecule has 4 fully saturated rings. The Hall–Kier alpha value is -5.01. The lowest BCUT2D eigenvalue weighted by Gasteiger charge is -2.61. The number of rotatable bonds is 3. The first-order chi connectivity index (χ1) is 23.8. The second-order valence-electron chi connectivity index (χ2n) is 15.1. The summed E-state index contributed by atoms with van der Waals surface area (Å²) in [6, 6.07) is 48.5. The Morgan fingerprint density at radius 1 is 0.417 bits per heavy atom. The van der Waals surface area contributed by atoms with Crippen LogP contribution in [0.15, 0.2) is 140 Å².